The number of carbonyl (C=O) groups is 1. The normalized spacial score (nSPS) is 11.9. The van der Waals surface area contributed by atoms with E-state index in [0.29, 0.717) is 19.1 Å². The molecule has 0 aliphatic carbocycles. The number of hydrogen-bond donors (Lipinski definition) is 0. The molecule has 0 fully saturated rings. The molecule has 1 rings (SSSR count). The lowest BCUT2D eigenvalue weighted by atomic mass is 10.2. The first-order valence-electron chi connectivity index (χ1n) is 8.57. The number of rotatable bonds is 11. The first-order chi connectivity index (χ1) is 11.9. The summed E-state index contributed by atoms with van der Waals surface area (Å²) < 4.78 is 6.00. The molecule has 140 valence electrons. The first-order valence-corrected chi connectivity index (χ1v) is 8.57. The van der Waals surface area contributed by atoms with Gasteiger partial charge in [0.15, 0.2) is 0 Å². The highest BCUT2D eigenvalue weighted by Crippen LogP contribution is 2.15. The molecule has 0 aliphatic rings. The third-order valence-corrected chi connectivity index (χ3v) is 3.87. The van der Waals surface area contributed by atoms with E-state index in [1.54, 1.807) is 25.2 Å². The summed E-state index contributed by atoms with van der Waals surface area (Å²) in [5, 5.41) is 0. The number of carbonyl (C=O) groups excluding carboxylic acids is 1. The van der Waals surface area contributed by atoms with E-state index in [0.717, 1.165) is 25.2 Å². The lowest BCUT2D eigenvalue weighted by Gasteiger charge is -2.25. The van der Waals surface area contributed by atoms with E-state index in [4.69, 9.17) is 4.74 Å². The standard InChI is InChI=1S/C18H31N5O2/c1-7-9-10-15(13-22(5)14-17(24)21(3)4)25-18-19-12-11-16(20-18)23(6)8-2/h7,11-12,15H,1,8-10,13-14H2,2-6H3. The fraction of sp³-hybridized carbons (Fsp3) is 0.611. The summed E-state index contributed by atoms with van der Waals surface area (Å²) in [6.07, 6.45) is 5.08. The predicted octanol–water partition coefficient (Wildman–Crippen LogP) is 1.67. The summed E-state index contributed by atoms with van der Waals surface area (Å²) in [6, 6.07) is 2.22. The quantitative estimate of drug-likeness (QED) is 0.566. The number of aromatic nitrogens is 2. The molecule has 0 aliphatic heterocycles. The maximum absolute atomic E-state index is 11.9. The van der Waals surface area contributed by atoms with Crippen LogP contribution >= 0.6 is 0 Å². The second-order valence-corrected chi connectivity index (χ2v) is 6.30. The second kappa shape index (κ2) is 10.7. The highest BCUT2D eigenvalue weighted by molar-refractivity contribution is 5.77. The molecule has 0 saturated heterocycles. The zero-order valence-corrected chi connectivity index (χ0v) is 16.1. The van der Waals surface area contributed by atoms with Gasteiger partial charge in [0.1, 0.15) is 11.9 Å². The Morgan fingerprint density at radius 3 is 2.68 bits per heavy atom. The minimum atomic E-state index is -0.111. The smallest absolute Gasteiger partial charge is 0.318 e. The van der Waals surface area contributed by atoms with Gasteiger partial charge in [-0.15, -0.1) is 6.58 Å². The third kappa shape index (κ3) is 7.51. The zero-order valence-electron chi connectivity index (χ0n) is 16.1. The van der Waals surface area contributed by atoms with E-state index in [-0.39, 0.29) is 12.0 Å². The number of hydrogen-bond acceptors (Lipinski definition) is 6. The van der Waals surface area contributed by atoms with Crippen LogP contribution in [-0.4, -0.2) is 79.6 Å². The van der Waals surface area contributed by atoms with Gasteiger partial charge in [-0.05, 0) is 32.9 Å². The SMILES string of the molecule is C=CCCC(CN(C)CC(=O)N(C)C)Oc1nccc(N(C)CC)n1. The number of anilines is 1. The Morgan fingerprint density at radius 2 is 2.08 bits per heavy atom. The van der Waals surface area contributed by atoms with Gasteiger partial charge >= 0.3 is 6.01 Å². The van der Waals surface area contributed by atoms with E-state index in [9.17, 15) is 4.79 Å². The fourth-order valence-electron chi connectivity index (χ4n) is 2.19. The predicted molar refractivity (Wildman–Crippen MR) is 101 cm³/mol. The molecule has 0 saturated carbocycles. The van der Waals surface area contributed by atoms with E-state index in [2.05, 4.69) is 23.5 Å². The third-order valence-electron chi connectivity index (χ3n) is 3.87. The van der Waals surface area contributed by atoms with E-state index in [1.807, 2.05) is 36.0 Å². The minimum Gasteiger partial charge on any atom is -0.459 e. The van der Waals surface area contributed by atoms with Crippen LogP contribution in [0.15, 0.2) is 24.9 Å². The van der Waals surface area contributed by atoms with Gasteiger partial charge in [0, 0.05) is 40.4 Å². The summed E-state index contributed by atoms with van der Waals surface area (Å²) in [7, 11) is 7.40. The summed E-state index contributed by atoms with van der Waals surface area (Å²) in [6.45, 7) is 7.65. The number of ether oxygens (including phenoxy) is 1. The van der Waals surface area contributed by atoms with Crippen LogP contribution in [0.2, 0.25) is 0 Å². The highest BCUT2D eigenvalue weighted by Gasteiger charge is 2.17. The molecule has 0 bridgehead atoms. The molecule has 25 heavy (non-hydrogen) atoms. The van der Waals surface area contributed by atoms with Crippen LogP contribution in [0, 0.1) is 0 Å². The van der Waals surface area contributed by atoms with Gasteiger partial charge in [-0.2, -0.15) is 4.98 Å². The monoisotopic (exact) mass is 349 g/mol. The molecule has 0 aromatic carbocycles. The van der Waals surface area contributed by atoms with Crippen LogP contribution in [0.4, 0.5) is 5.82 Å². The first kappa shape index (κ1) is 20.9. The topological polar surface area (TPSA) is 61.8 Å². The van der Waals surface area contributed by atoms with E-state index in [1.165, 1.54) is 0 Å². The van der Waals surface area contributed by atoms with Gasteiger partial charge in [-0.1, -0.05) is 6.08 Å². The summed E-state index contributed by atoms with van der Waals surface area (Å²) in [4.78, 5) is 26.1. The Bertz CT molecular complexity index is 550. The molecule has 1 amide bonds. The fourth-order valence-corrected chi connectivity index (χ4v) is 2.19. The molecule has 7 nitrogen and oxygen atoms in total. The van der Waals surface area contributed by atoms with Gasteiger partial charge in [0.25, 0.3) is 0 Å². The number of amides is 1. The molecule has 0 radical (unpaired) electrons. The molecule has 1 heterocycles. The van der Waals surface area contributed by atoms with Crippen LogP contribution in [0.3, 0.4) is 0 Å². The minimum absolute atomic E-state index is 0.0628. The molecule has 0 N–H and O–H groups in total. The molecular formula is C18H31N5O2. The van der Waals surface area contributed by atoms with E-state index >= 15 is 0 Å². The van der Waals surface area contributed by atoms with Gasteiger partial charge < -0.3 is 14.5 Å². The summed E-state index contributed by atoms with van der Waals surface area (Å²) >= 11 is 0. The summed E-state index contributed by atoms with van der Waals surface area (Å²) in [5.74, 6) is 0.888. The van der Waals surface area contributed by atoms with Gasteiger partial charge in [-0.3, -0.25) is 9.69 Å². The van der Waals surface area contributed by atoms with Crippen molar-refractivity contribution in [1.82, 2.24) is 19.8 Å². The van der Waals surface area contributed by atoms with Crippen LogP contribution in [0.25, 0.3) is 0 Å². The van der Waals surface area contributed by atoms with Crippen molar-refractivity contribution in [3.05, 3.63) is 24.9 Å². The Balaban J connectivity index is 2.75. The van der Waals surface area contributed by atoms with Crippen LogP contribution in [0.1, 0.15) is 19.8 Å². The van der Waals surface area contributed by atoms with Crippen molar-refractivity contribution in [1.29, 1.82) is 0 Å². The molecule has 1 aromatic rings. The zero-order chi connectivity index (χ0) is 18.8. The number of likely N-dealkylation sites (N-methyl/N-ethyl adjacent to an activating group) is 2. The lowest BCUT2D eigenvalue weighted by Crippen LogP contribution is -2.40. The Morgan fingerprint density at radius 1 is 1.36 bits per heavy atom. The van der Waals surface area contributed by atoms with Crippen molar-refractivity contribution in [2.24, 2.45) is 0 Å². The van der Waals surface area contributed by atoms with E-state index < -0.39 is 0 Å². The van der Waals surface area contributed by atoms with Crippen LogP contribution in [-0.2, 0) is 4.79 Å². The maximum Gasteiger partial charge on any atom is 0.318 e. The average molecular weight is 349 g/mol. The molecule has 1 atom stereocenters. The van der Waals surface area contributed by atoms with Crippen molar-refractivity contribution < 1.29 is 9.53 Å². The van der Waals surface area contributed by atoms with Gasteiger partial charge in [0.2, 0.25) is 5.91 Å². The van der Waals surface area contributed by atoms with Crippen molar-refractivity contribution >= 4 is 11.7 Å². The summed E-state index contributed by atoms with van der Waals surface area (Å²) in [5.41, 5.74) is 0. The maximum atomic E-state index is 11.9. The lowest BCUT2D eigenvalue weighted by molar-refractivity contribution is -0.129. The van der Waals surface area contributed by atoms with Crippen LogP contribution in [0.5, 0.6) is 6.01 Å². The van der Waals surface area contributed by atoms with Crippen molar-refractivity contribution in [2.75, 3.05) is 52.7 Å². The molecule has 0 spiro atoms. The largest absolute Gasteiger partial charge is 0.459 e. The van der Waals surface area contributed by atoms with Crippen molar-refractivity contribution in [2.45, 2.75) is 25.9 Å². The molecular weight excluding hydrogens is 318 g/mol. The van der Waals surface area contributed by atoms with Crippen LogP contribution < -0.4 is 9.64 Å². The second-order valence-electron chi connectivity index (χ2n) is 6.30. The Labute approximate surface area is 151 Å². The number of allylic oxidation sites excluding steroid dienone is 1. The number of nitrogens with zero attached hydrogens (tertiary/aromatic N) is 5. The average Bonchev–Trinajstić information content (AvgIpc) is 2.58. The van der Waals surface area contributed by atoms with Crippen molar-refractivity contribution in [3.63, 3.8) is 0 Å². The van der Waals surface area contributed by atoms with Gasteiger partial charge in [0.05, 0.1) is 6.54 Å². The Hall–Kier alpha value is -2.15. The van der Waals surface area contributed by atoms with Crippen molar-refractivity contribution in [3.8, 4) is 6.01 Å². The molecule has 7 heteroatoms. The van der Waals surface area contributed by atoms with Gasteiger partial charge in [-0.25, -0.2) is 4.98 Å². The molecule has 1 aromatic heterocycles. The highest BCUT2D eigenvalue weighted by atomic mass is 16.5. The molecule has 1 unspecified atom stereocenters. The Kier molecular flexibility index (Phi) is 8.91.